The van der Waals surface area contributed by atoms with E-state index >= 15 is 0 Å². The van der Waals surface area contributed by atoms with E-state index in [1.165, 1.54) is 6.07 Å². The number of aliphatic hydroxyl groups is 1. The van der Waals surface area contributed by atoms with E-state index in [1.807, 2.05) is 0 Å². The molecule has 1 atom stereocenters. The lowest BCUT2D eigenvalue weighted by Crippen LogP contribution is -2.35. The third-order valence-corrected chi connectivity index (χ3v) is 6.71. The Bertz CT molecular complexity index is 569. The maximum absolute atomic E-state index is 12.4. The first-order valence-corrected chi connectivity index (χ1v) is 9.37. The van der Waals surface area contributed by atoms with E-state index in [4.69, 9.17) is 0 Å². The van der Waals surface area contributed by atoms with Gasteiger partial charge in [0.15, 0.2) is 0 Å². The van der Waals surface area contributed by atoms with Crippen LogP contribution in [0.4, 0.5) is 0 Å². The van der Waals surface area contributed by atoms with Crippen LogP contribution in [-0.2, 0) is 16.6 Å². The van der Waals surface area contributed by atoms with E-state index in [-0.39, 0.29) is 17.5 Å². The van der Waals surface area contributed by atoms with Crippen molar-refractivity contribution in [1.82, 2.24) is 4.72 Å². The molecule has 2 N–H and O–H groups in total. The molecule has 4 nitrogen and oxygen atoms in total. The van der Waals surface area contributed by atoms with Gasteiger partial charge in [0, 0.05) is 16.3 Å². The molecule has 1 aromatic rings. The van der Waals surface area contributed by atoms with E-state index < -0.39 is 10.0 Å². The first-order chi connectivity index (χ1) is 8.94. The van der Waals surface area contributed by atoms with Gasteiger partial charge in [0.1, 0.15) is 0 Å². The van der Waals surface area contributed by atoms with E-state index in [9.17, 15) is 13.5 Å². The molecule has 1 aliphatic rings. The van der Waals surface area contributed by atoms with Gasteiger partial charge in [-0.3, -0.25) is 0 Å². The second-order valence-electron chi connectivity index (χ2n) is 4.54. The molecule has 0 spiro atoms. The van der Waals surface area contributed by atoms with Crippen molar-refractivity contribution in [2.24, 2.45) is 0 Å². The first kappa shape index (κ1) is 15.3. The molecule has 106 valence electrons. The number of thioether (sulfide) groups is 1. The molecule has 0 aliphatic carbocycles. The molecule has 0 aromatic heterocycles. The molecule has 1 aliphatic heterocycles. The number of hydrogen-bond acceptors (Lipinski definition) is 4. The number of nitrogens with one attached hydrogen (secondary N) is 1. The summed E-state index contributed by atoms with van der Waals surface area (Å²) in [6, 6.07) is 3.27. The van der Waals surface area contributed by atoms with Crippen molar-refractivity contribution in [2.75, 3.05) is 11.5 Å². The van der Waals surface area contributed by atoms with Crippen molar-refractivity contribution in [1.29, 1.82) is 0 Å². The van der Waals surface area contributed by atoms with E-state index in [1.54, 1.807) is 24.8 Å². The summed E-state index contributed by atoms with van der Waals surface area (Å²) in [5.74, 6) is 1.81. The summed E-state index contributed by atoms with van der Waals surface area (Å²) >= 11 is 5.09. The van der Waals surface area contributed by atoms with Crippen LogP contribution < -0.4 is 4.72 Å². The van der Waals surface area contributed by atoms with Crippen LogP contribution in [0.25, 0.3) is 0 Å². The van der Waals surface area contributed by atoms with Crippen LogP contribution in [0.1, 0.15) is 17.5 Å². The van der Waals surface area contributed by atoms with Gasteiger partial charge in [-0.25, -0.2) is 13.1 Å². The third-order valence-electron chi connectivity index (χ3n) is 3.08. The Labute approximate surface area is 126 Å². The SMILES string of the molecule is Cc1c(Br)cc(CO)cc1S(=O)(=O)NC1CCSC1. The molecule has 0 radical (unpaired) electrons. The highest BCUT2D eigenvalue weighted by Crippen LogP contribution is 2.27. The molecule has 7 heteroatoms. The molecule has 0 bridgehead atoms. The maximum Gasteiger partial charge on any atom is 0.241 e. The van der Waals surface area contributed by atoms with E-state index in [0.29, 0.717) is 15.6 Å². The minimum atomic E-state index is -3.53. The molecule has 1 unspecified atom stereocenters. The Kier molecular flexibility index (Phi) is 4.94. The van der Waals surface area contributed by atoms with Gasteiger partial charge in [0.2, 0.25) is 10.0 Å². The summed E-state index contributed by atoms with van der Waals surface area (Å²) in [5.41, 5.74) is 1.24. The Morgan fingerprint density at radius 3 is 2.84 bits per heavy atom. The lowest BCUT2D eigenvalue weighted by atomic mass is 10.2. The van der Waals surface area contributed by atoms with Crippen LogP contribution >= 0.6 is 27.7 Å². The summed E-state index contributed by atoms with van der Waals surface area (Å²) in [7, 11) is -3.53. The molecule has 1 heterocycles. The van der Waals surface area contributed by atoms with Crippen LogP contribution in [0.3, 0.4) is 0 Å². The zero-order valence-electron chi connectivity index (χ0n) is 10.5. The average Bonchev–Trinajstić information content (AvgIpc) is 2.84. The molecular formula is C12H16BrNO3S2. The van der Waals surface area contributed by atoms with E-state index in [0.717, 1.165) is 17.9 Å². The zero-order chi connectivity index (χ0) is 14.0. The molecule has 0 amide bonds. The highest BCUT2D eigenvalue weighted by atomic mass is 79.9. The maximum atomic E-state index is 12.4. The quantitative estimate of drug-likeness (QED) is 0.856. The Morgan fingerprint density at radius 2 is 2.26 bits per heavy atom. The van der Waals surface area contributed by atoms with Crippen molar-refractivity contribution in [3.8, 4) is 0 Å². The molecule has 0 saturated carbocycles. The van der Waals surface area contributed by atoms with Gasteiger partial charge in [0.05, 0.1) is 11.5 Å². The lowest BCUT2D eigenvalue weighted by Gasteiger charge is -2.15. The highest BCUT2D eigenvalue weighted by Gasteiger charge is 2.25. The topological polar surface area (TPSA) is 66.4 Å². The van der Waals surface area contributed by atoms with Crippen LogP contribution in [0, 0.1) is 6.92 Å². The number of benzene rings is 1. The Balaban J connectivity index is 2.36. The smallest absolute Gasteiger partial charge is 0.241 e. The van der Waals surface area contributed by atoms with Crippen molar-refractivity contribution in [3.05, 3.63) is 27.7 Å². The number of sulfonamides is 1. The molecule has 1 aromatic carbocycles. The summed E-state index contributed by atoms with van der Waals surface area (Å²) in [4.78, 5) is 0.239. The number of halogens is 1. The fourth-order valence-corrected chi connectivity index (χ4v) is 5.47. The van der Waals surface area contributed by atoms with E-state index in [2.05, 4.69) is 20.7 Å². The predicted molar refractivity (Wildman–Crippen MR) is 80.9 cm³/mol. The third kappa shape index (κ3) is 3.52. The minimum Gasteiger partial charge on any atom is -0.392 e. The highest BCUT2D eigenvalue weighted by molar-refractivity contribution is 9.10. The second kappa shape index (κ2) is 6.13. The van der Waals surface area contributed by atoms with Crippen molar-refractivity contribution in [3.63, 3.8) is 0 Å². The number of hydrogen-bond donors (Lipinski definition) is 2. The van der Waals surface area contributed by atoms with Crippen molar-refractivity contribution >= 4 is 37.7 Å². The van der Waals surface area contributed by atoms with Crippen LogP contribution in [0.15, 0.2) is 21.5 Å². The Morgan fingerprint density at radius 1 is 1.53 bits per heavy atom. The molecular weight excluding hydrogens is 350 g/mol. The van der Waals surface area contributed by atoms with Gasteiger partial charge in [-0.1, -0.05) is 15.9 Å². The van der Waals surface area contributed by atoms with Gasteiger partial charge in [-0.05, 0) is 42.4 Å². The summed E-state index contributed by atoms with van der Waals surface area (Å²) < 4.78 is 28.2. The first-order valence-electron chi connectivity index (χ1n) is 5.94. The van der Waals surface area contributed by atoms with Crippen LogP contribution in [0.2, 0.25) is 0 Å². The summed E-state index contributed by atoms with van der Waals surface area (Å²) in [6.07, 6.45) is 0.865. The summed E-state index contributed by atoms with van der Waals surface area (Å²) in [6.45, 7) is 1.57. The Hall–Kier alpha value is -0.0800. The van der Waals surface area contributed by atoms with Gasteiger partial charge in [-0.15, -0.1) is 0 Å². The fourth-order valence-electron chi connectivity index (χ4n) is 1.99. The van der Waals surface area contributed by atoms with Gasteiger partial charge in [-0.2, -0.15) is 11.8 Å². The normalized spacial score (nSPS) is 19.8. The fraction of sp³-hybridized carbons (Fsp3) is 0.500. The predicted octanol–water partition coefficient (Wildman–Crippen LogP) is 2.03. The van der Waals surface area contributed by atoms with Gasteiger partial charge >= 0.3 is 0 Å². The zero-order valence-corrected chi connectivity index (χ0v) is 13.7. The standard InChI is InChI=1S/C12H16BrNO3S2/c1-8-11(13)4-9(6-15)5-12(8)19(16,17)14-10-2-3-18-7-10/h4-5,10,14-15H,2-3,6-7H2,1H3. The second-order valence-corrected chi connectivity index (χ2v) is 8.23. The van der Waals surface area contributed by atoms with Gasteiger partial charge in [0.25, 0.3) is 0 Å². The average molecular weight is 366 g/mol. The van der Waals surface area contributed by atoms with Gasteiger partial charge < -0.3 is 5.11 Å². The van der Waals surface area contributed by atoms with Crippen molar-refractivity contribution in [2.45, 2.75) is 30.9 Å². The molecule has 2 rings (SSSR count). The summed E-state index contributed by atoms with van der Waals surface area (Å²) in [5, 5.41) is 9.19. The van der Waals surface area contributed by atoms with Crippen LogP contribution in [0.5, 0.6) is 0 Å². The monoisotopic (exact) mass is 365 g/mol. The number of aliphatic hydroxyl groups excluding tert-OH is 1. The van der Waals surface area contributed by atoms with Crippen LogP contribution in [-0.4, -0.2) is 31.1 Å². The molecule has 1 fully saturated rings. The van der Waals surface area contributed by atoms with Crippen molar-refractivity contribution < 1.29 is 13.5 Å². The molecule has 19 heavy (non-hydrogen) atoms. The lowest BCUT2D eigenvalue weighted by molar-refractivity contribution is 0.281. The minimum absolute atomic E-state index is 0.00552. The largest absolute Gasteiger partial charge is 0.392 e. The number of rotatable bonds is 4. The molecule has 1 saturated heterocycles.